The molecule has 1 aromatic heterocycles. The van der Waals surface area contributed by atoms with Gasteiger partial charge in [-0.1, -0.05) is 13.0 Å². The van der Waals surface area contributed by atoms with E-state index in [1.54, 1.807) is 0 Å². The highest BCUT2D eigenvalue weighted by Crippen LogP contribution is 2.18. The summed E-state index contributed by atoms with van der Waals surface area (Å²) in [5.74, 6) is 0. The lowest BCUT2D eigenvalue weighted by molar-refractivity contribution is 0.654. The first kappa shape index (κ1) is 13.5. The molecule has 0 amide bonds. The minimum Gasteiger partial charge on any atom is -0.379 e. The fourth-order valence-electron chi connectivity index (χ4n) is 1.96. The molecule has 1 N–H and O–H groups in total. The van der Waals surface area contributed by atoms with Crippen molar-refractivity contribution in [2.75, 3.05) is 5.32 Å². The van der Waals surface area contributed by atoms with Crippen LogP contribution in [0.4, 0.5) is 5.69 Å². The van der Waals surface area contributed by atoms with E-state index in [2.05, 4.69) is 82.9 Å². The van der Waals surface area contributed by atoms with E-state index in [9.17, 15) is 0 Å². The molecule has 2 aromatic rings. The van der Waals surface area contributed by atoms with E-state index in [1.807, 2.05) is 0 Å². The lowest BCUT2D eigenvalue weighted by Gasteiger charge is -2.11. The van der Waals surface area contributed by atoms with Crippen molar-refractivity contribution >= 4 is 28.3 Å². The third-order valence-corrected chi connectivity index (χ3v) is 4.20. The zero-order valence-electron chi connectivity index (χ0n) is 10.9. The van der Waals surface area contributed by atoms with Crippen LogP contribution in [0.5, 0.6) is 0 Å². The van der Waals surface area contributed by atoms with Crippen molar-refractivity contribution in [2.24, 2.45) is 0 Å². The minimum absolute atomic E-state index is 0.881. The SMILES string of the molecule is CCCn1cccc1CNc1ccc(C)c(I)c1. The molecule has 0 fully saturated rings. The molecule has 96 valence electrons. The van der Waals surface area contributed by atoms with Crippen LogP contribution >= 0.6 is 22.6 Å². The number of rotatable bonds is 5. The van der Waals surface area contributed by atoms with Crippen molar-refractivity contribution in [3.05, 3.63) is 51.4 Å². The zero-order valence-corrected chi connectivity index (χ0v) is 13.1. The number of nitrogens with zero attached hydrogens (tertiary/aromatic N) is 1. The molecule has 0 aliphatic rings. The summed E-state index contributed by atoms with van der Waals surface area (Å²) in [6.07, 6.45) is 3.32. The van der Waals surface area contributed by atoms with E-state index in [0.29, 0.717) is 0 Å². The molecular formula is C15H19IN2. The van der Waals surface area contributed by atoms with Crippen molar-refractivity contribution in [1.29, 1.82) is 0 Å². The van der Waals surface area contributed by atoms with E-state index < -0.39 is 0 Å². The van der Waals surface area contributed by atoms with Gasteiger partial charge in [-0.2, -0.15) is 0 Å². The average molecular weight is 354 g/mol. The van der Waals surface area contributed by atoms with Gasteiger partial charge in [-0.3, -0.25) is 0 Å². The van der Waals surface area contributed by atoms with Gasteiger partial charge in [-0.15, -0.1) is 0 Å². The molecule has 0 unspecified atom stereocenters. The van der Waals surface area contributed by atoms with E-state index >= 15 is 0 Å². The maximum Gasteiger partial charge on any atom is 0.0553 e. The first-order valence-corrected chi connectivity index (χ1v) is 7.42. The second-order valence-electron chi connectivity index (χ2n) is 4.51. The number of anilines is 1. The highest BCUT2D eigenvalue weighted by molar-refractivity contribution is 14.1. The molecule has 3 heteroatoms. The van der Waals surface area contributed by atoms with Crippen molar-refractivity contribution in [2.45, 2.75) is 33.4 Å². The van der Waals surface area contributed by atoms with E-state index in [4.69, 9.17) is 0 Å². The molecule has 0 atom stereocenters. The summed E-state index contributed by atoms with van der Waals surface area (Å²) in [7, 11) is 0. The summed E-state index contributed by atoms with van der Waals surface area (Å²) in [5.41, 5.74) is 3.86. The molecule has 18 heavy (non-hydrogen) atoms. The number of hydrogen-bond acceptors (Lipinski definition) is 1. The Morgan fingerprint density at radius 2 is 2.11 bits per heavy atom. The Labute approximate surface area is 123 Å². The molecule has 0 saturated carbocycles. The van der Waals surface area contributed by atoms with Gasteiger partial charge < -0.3 is 9.88 Å². The molecular weight excluding hydrogens is 335 g/mol. The van der Waals surface area contributed by atoms with Gasteiger partial charge in [-0.25, -0.2) is 0 Å². The predicted octanol–water partition coefficient (Wildman–Crippen LogP) is 4.42. The van der Waals surface area contributed by atoms with Gasteiger partial charge in [0.2, 0.25) is 0 Å². The predicted molar refractivity (Wildman–Crippen MR) is 85.9 cm³/mol. The maximum absolute atomic E-state index is 3.49. The van der Waals surface area contributed by atoms with Crippen LogP contribution in [0.1, 0.15) is 24.6 Å². The lowest BCUT2D eigenvalue weighted by Crippen LogP contribution is -2.07. The Kier molecular flexibility index (Phi) is 4.69. The fourth-order valence-corrected chi connectivity index (χ4v) is 2.48. The Hall–Kier alpha value is -0.970. The van der Waals surface area contributed by atoms with Crippen LogP contribution in [0.3, 0.4) is 0 Å². The van der Waals surface area contributed by atoms with Crippen molar-refractivity contribution in [1.82, 2.24) is 4.57 Å². The van der Waals surface area contributed by atoms with Gasteiger partial charge in [0.25, 0.3) is 0 Å². The van der Waals surface area contributed by atoms with Crippen molar-refractivity contribution < 1.29 is 0 Å². The van der Waals surface area contributed by atoms with Crippen LogP contribution in [0.15, 0.2) is 36.5 Å². The van der Waals surface area contributed by atoms with Crippen LogP contribution in [0, 0.1) is 10.5 Å². The number of aromatic nitrogens is 1. The van der Waals surface area contributed by atoms with Gasteiger partial charge in [-0.05, 0) is 65.8 Å². The quantitative estimate of drug-likeness (QED) is 0.787. The normalized spacial score (nSPS) is 10.6. The Morgan fingerprint density at radius 3 is 2.83 bits per heavy atom. The largest absolute Gasteiger partial charge is 0.379 e. The Morgan fingerprint density at radius 1 is 1.28 bits per heavy atom. The molecule has 2 rings (SSSR count). The summed E-state index contributed by atoms with van der Waals surface area (Å²) < 4.78 is 3.62. The van der Waals surface area contributed by atoms with Gasteiger partial charge in [0, 0.05) is 27.7 Å². The number of aryl methyl sites for hydroxylation is 2. The second-order valence-corrected chi connectivity index (χ2v) is 5.67. The third-order valence-electron chi connectivity index (χ3n) is 3.03. The summed E-state index contributed by atoms with van der Waals surface area (Å²) in [6.45, 7) is 6.32. The lowest BCUT2D eigenvalue weighted by atomic mass is 10.2. The Bertz CT molecular complexity index is 517. The van der Waals surface area contributed by atoms with Crippen molar-refractivity contribution in [3.63, 3.8) is 0 Å². The number of halogens is 1. The first-order valence-electron chi connectivity index (χ1n) is 6.34. The number of nitrogens with one attached hydrogen (secondary N) is 1. The smallest absolute Gasteiger partial charge is 0.0553 e. The standard InChI is InChI=1S/C15H19IN2/c1-3-8-18-9-4-5-14(18)11-17-13-7-6-12(2)15(16)10-13/h4-7,9-10,17H,3,8,11H2,1-2H3. The molecule has 0 bridgehead atoms. The van der Waals surface area contributed by atoms with Crippen molar-refractivity contribution in [3.8, 4) is 0 Å². The van der Waals surface area contributed by atoms with Gasteiger partial charge >= 0.3 is 0 Å². The monoisotopic (exact) mass is 354 g/mol. The molecule has 2 nitrogen and oxygen atoms in total. The topological polar surface area (TPSA) is 17.0 Å². The van der Waals surface area contributed by atoms with Crippen LogP contribution in [-0.4, -0.2) is 4.57 Å². The molecule has 0 saturated heterocycles. The number of hydrogen-bond donors (Lipinski definition) is 1. The second kappa shape index (κ2) is 6.27. The van der Waals surface area contributed by atoms with Gasteiger partial charge in [0.1, 0.15) is 0 Å². The molecule has 0 radical (unpaired) electrons. The summed E-state index contributed by atoms with van der Waals surface area (Å²) in [6, 6.07) is 10.8. The van der Waals surface area contributed by atoms with E-state index in [0.717, 1.165) is 13.1 Å². The van der Waals surface area contributed by atoms with Crippen LogP contribution < -0.4 is 5.32 Å². The zero-order chi connectivity index (χ0) is 13.0. The van der Waals surface area contributed by atoms with Crippen LogP contribution in [-0.2, 0) is 13.1 Å². The molecule has 1 aromatic carbocycles. The average Bonchev–Trinajstić information content (AvgIpc) is 2.79. The molecule has 0 spiro atoms. The maximum atomic E-state index is 3.49. The van der Waals surface area contributed by atoms with Crippen LogP contribution in [0.25, 0.3) is 0 Å². The molecule has 0 aliphatic heterocycles. The highest BCUT2D eigenvalue weighted by Gasteiger charge is 2.01. The summed E-state index contributed by atoms with van der Waals surface area (Å²) in [5, 5.41) is 3.49. The van der Waals surface area contributed by atoms with E-state index in [-0.39, 0.29) is 0 Å². The first-order chi connectivity index (χ1) is 8.70. The fraction of sp³-hybridized carbons (Fsp3) is 0.333. The Balaban J connectivity index is 2.02. The highest BCUT2D eigenvalue weighted by atomic mass is 127. The van der Waals surface area contributed by atoms with Crippen LogP contribution in [0.2, 0.25) is 0 Å². The van der Waals surface area contributed by atoms with Gasteiger partial charge in [0.05, 0.1) is 6.54 Å². The summed E-state index contributed by atoms with van der Waals surface area (Å²) >= 11 is 2.38. The minimum atomic E-state index is 0.881. The van der Waals surface area contributed by atoms with Gasteiger partial charge in [0.15, 0.2) is 0 Å². The molecule has 1 heterocycles. The number of benzene rings is 1. The third kappa shape index (κ3) is 3.28. The molecule has 0 aliphatic carbocycles. The van der Waals surface area contributed by atoms with E-state index in [1.165, 1.54) is 26.9 Å². The summed E-state index contributed by atoms with van der Waals surface area (Å²) in [4.78, 5) is 0.